The van der Waals surface area contributed by atoms with Gasteiger partial charge in [0.05, 0.1) is 19.1 Å². The van der Waals surface area contributed by atoms with E-state index in [4.69, 9.17) is 4.74 Å². The minimum atomic E-state index is -0.309. The number of amides is 1. The lowest BCUT2D eigenvalue weighted by Gasteiger charge is -2.21. The molecule has 10 heteroatoms. The average Bonchev–Trinajstić information content (AvgIpc) is 3.38. The number of nitrogens with zero attached hydrogens (tertiary/aromatic N) is 5. The van der Waals surface area contributed by atoms with Gasteiger partial charge in [0.1, 0.15) is 11.5 Å². The van der Waals surface area contributed by atoms with Gasteiger partial charge >= 0.3 is 0 Å². The molecule has 0 atom stereocenters. The monoisotopic (exact) mass is 544 g/mol. The van der Waals surface area contributed by atoms with Gasteiger partial charge in [-0.2, -0.15) is 5.10 Å². The lowest BCUT2D eigenvalue weighted by atomic mass is 10.1. The molecule has 9 nitrogen and oxygen atoms in total. The highest BCUT2D eigenvalue weighted by Gasteiger charge is 2.17. The molecule has 4 rings (SSSR count). The second kappa shape index (κ2) is 13.0. The molecule has 0 saturated heterocycles. The minimum Gasteiger partial charge on any atom is -0.507 e. The number of aromatic hydroxyl groups is 1. The fourth-order valence-electron chi connectivity index (χ4n) is 3.98. The molecule has 4 aromatic rings. The maximum absolute atomic E-state index is 12.6. The number of aryl methyl sites for hydroxylation is 1. The van der Waals surface area contributed by atoms with E-state index < -0.39 is 0 Å². The highest BCUT2D eigenvalue weighted by atomic mass is 32.2. The SMILES string of the molecule is CCN(CC)c1ccc(C=NNC(=O)CSc2nnc(-c3ccc(C)cc3)n2-c2ccc(OC)cc2)c(O)c1. The summed E-state index contributed by atoms with van der Waals surface area (Å²) in [5.74, 6) is 1.28. The summed E-state index contributed by atoms with van der Waals surface area (Å²) in [6.07, 6.45) is 1.43. The number of hydrogen-bond donors (Lipinski definition) is 2. The standard InChI is InChI=1S/C29H32N6O3S/c1-5-34(6-2)24-12-11-22(26(36)17-24)18-30-31-27(37)19-39-29-33-32-28(21-9-7-20(3)8-10-21)35(29)23-13-15-25(38-4)16-14-23/h7-18,36H,5-6,19H2,1-4H3,(H,31,37). The van der Waals surface area contributed by atoms with Crippen LogP contribution in [-0.2, 0) is 4.79 Å². The summed E-state index contributed by atoms with van der Waals surface area (Å²) in [6, 6.07) is 21.0. The Kier molecular flexibility index (Phi) is 9.22. The second-order valence-electron chi connectivity index (χ2n) is 8.70. The number of thioether (sulfide) groups is 1. The topological polar surface area (TPSA) is 105 Å². The number of benzene rings is 3. The lowest BCUT2D eigenvalue weighted by molar-refractivity contribution is -0.118. The van der Waals surface area contributed by atoms with Gasteiger partial charge in [0.25, 0.3) is 5.91 Å². The van der Waals surface area contributed by atoms with Crippen LogP contribution >= 0.6 is 11.8 Å². The van der Waals surface area contributed by atoms with Crippen LogP contribution in [-0.4, -0.2) is 57.9 Å². The minimum absolute atomic E-state index is 0.0758. The number of carbonyl (C=O) groups excluding carboxylic acids is 1. The summed E-state index contributed by atoms with van der Waals surface area (Å²) < 4.78 is 7.21. The number of anilines is 1. The van der Waals surface area contributed by atoms with Crippen LogP contribution in [0.5, 0.6) is 11.5 Å². The molecule has 0 radical (unpaired) electrons. The Morgan fingerprint density at radius 1 is 1.08 bits per heavy atom. The third-order valence-corrected chi connectivity index (χ3v) is 7.07. The van der Waals surface area contributed by atoms with Crippen molar-refractivity contribution in [1.82, 2.24) is 20.2 Å². The smallest absolute Gasteiger partial charge is 0.250 e. The van der Waals surface area contributed by atoms with Crippen molar-refractivity contribution in [3.8, 4) is 28.6 Å². The zero-order chi connectivity index (χ0) is 27.8. The summed E-state index contributed by atoms with van der Waals surface area (Å²) in [7, 11) is 1.62. The molecule has 1 heterocycles. The zero-order valence-electron chi connectivity index (χ0n) is 22.5. The van der Waals surface area contributed by atoms with Crippen molar-refractivity contribution in [3.05, 3.63) is 77.9 Å². The Balaban J connectivity index is 1.47. The summed E-state index contributed by atoms with van der Waals surface area (Å²) in [5, 5.41) is 23.8. The van der Waals surface area contributed by atoms with E-state index in [0.29, 0.717) is 16.5 Å². The molecular weight excluding hydrogens is 512 g/mol. The Morgan fingerprint density at radius 3 is 2.44 bits per heavy atom. The average molecular weight is 545 g/mol. The van der Waals surface area contributed by atoms with Gasteiger partial charge in [0, 0.05) is 41.7 Å². The number of hydrogen-bond acceptors (Lipinski definition) is 8. The molecule has 0 aliphatic carbocycles. The van der Waals surface area contributed by atoms with E-state index in [9.17, 15) is 9.90 Å². The van der Waals surface area contributed by atoms with E-state index in [1.54, 1.807) is 19.2 Å². The van der Waals surface area contributed by atoms with Crippen LogP contribution in [0.4, 0.5) is 5.69 Å². The molecule has 0 aliphatic rings. The summed E-state index contributed by atoms with van der Waals surface area (Å²) >= 11 is 1.26. The van der Waals surface area contributed by atoms with Gasteiger partial charge in [-0.1, -0.05) is 41.6 Å². The number of nitrogens with one attached hydrogen (secondary N) is 1. The predicted molar refractivity (Wildman–Crippen MR) is 156 cm³/mol. The number of carbonyl (C=O) groups is 1. The van der Waals surface area contributed by atoms with Gasteiger partial charge in [-0.25, -0.2) is 5.43 Å². The summed E-state index contributed by atoms with van der Waals surface area (Å²) in [6.45, 7) is 7.84. The lowest BCUT2D eigenvalue weighted by Crippen LogP contribution is -2.21. The Bertz CT molecular complexity index is 1430. The number of ether oxygens (including phenoxy) is 1. The van der Waals surface area contributed by atoms with E-state index in [2.05, 4.69) is 39.5 Å². The van der Waals surface area contributed by atoms with Crippen molar-refractivity contribution in [2.45, 2.75) is 25.9 Å². The summed E-state index contributed by atoms with van der Waals surface area (Å²) in [4.78, 5) is 14.7. The summed E-state index contributed by atoms with van der Waals surface area (Å²) in [5.41, 5.74) is 6.88. The van der Waals surface area contributed by atoms with Crippen LogP contribution in [0.15, 0.2) is 77.0 Å². The fourth-order valence-corrected chi connectivity index (χ4v) is 4.72. The van der Waals surface area contributed by atoms with Crippen LogP contribution < -0.4 is 15.1 Å². The highest BCUT2D eigenvalue weighted by molar-refractivity contribution is 7.99. The largest absolute Gasteiger partial charge is 0.507 e. The van der Waals surface area contributed by atoms with Crippen LogP contribution in [0, 0.1) is 6.92 Å². The van der Waals surface area contributed by atoms with Crippen molar-refractivity contribution in [2.24, 2.45) is 5.10 Å². The van der Waals surface area contributed by atoms with Crippen molar-refractivity contribution in [1.29, 1.82) is 0 Å². The molecule has 202 valence electrons. The van der Waals surface area contributed by atoms with E-state index in [0.717, 1.165) is 41.3 Å². The van der Waals surface area contributed by atoms with Crippen LogP contribution in [0.1, 0.15) is 25.0 Å². The molecule has 0 fully saturated rings. The van der Waals surface area contributed by atoms with Gasteiger partial charge < -0.3 is 14.7 Å². The van der Waals surface area contributed by atoms with E-state index in [-0.39, 0.29) is 17.4 Å². The predicted octanol–water partition coefficient (Wildman–Crippen LogP) is 5.05. The molecule has 3 aromatic carbocycles. The second-order valence-corrected chi connectivity index (χ2v) is 9.65. The number of phenolic OH excluding ortho intramolecular Hbond substituents is 1. The third kappa shape index (κ3) is 6.77. The Labute approximate surface area is 232 Å². The van der Waals surface area contributed by atoms with Gasteiger partial charge in [-0.3, -0.25) is 9.36 Å². The van der Waals surface area contributed by atoms with Crippen molar-refractivity contribution in [3.63, 3.8) is 0 Å². The number of phenols is 1. The first kappa shape index (κ1) is 27.7. The highest BCUT2D eigenvalue weighted by Crippen LogP contribution is 2.29. The molecule has 1 amide bonds. The molecule has 0 unspecified atom stereocenters. The Hall–Kier alpha value is -4.31. The first-order valence-corrected chi connectivity index (χ1v) is 13.6. The van der Waals surface area contributed by atoms with Crippen molar-refractivity contribution < 1.29 is 14.6 Å². The number of methoxy groups -OCH3 is 1. The van der Waals surface area contributed by atoms with Crippen molar-refractivity contribution >= 4 is 29.6 Å². The maximum Gasteiger partial charge on any atom is 0.250 e. The van der Waals surface area contributed by atoms with Gasteiger partial charge in [-0.15, -0.1) is 10.2 Å². The van der Waals surface area contributed by atoms with E-state index in [1.165, 1.54) is 18.0 Å². The number of rotatable bonds is 11. The molecule has 0 spiro atoms. The van der Waals surface area contributed by atoms with Gasteiger partial charge in [0.2, 0.25) is 0 Å². The molecule has 0 bridgehead atoms. The number of hydrazone groups is 1. The maximum atomic E-state index is 12.6. The van der Waals surface area contributed by atoms with E-state index in [1.807, 2.05) is 66.1 Å². The third-order valence-electron chi connectivity index (χ3n) is 6.14. The van der Waals surface area contributed by atoms with E-state index >= 15 is 0 Å². The van der Waals surface area contributed by atoms with Crippen LogP contribution in [0.2, 0.25) is 0 Å². The van der Waals surface area contributed by atoms with Crippen LogP contribution in [0.25, 0.3) is 17.1 Å². The van der Waals surface area contributed by atoms with Crippen molar-refractivity contribution in [2.75, 3.05) is 30.9 Å². The molecule has 0 saturated carbocycles. The first-order valence-electron chi connectivity index (χ1n) is 12.6. The van der Waals surface area contributed by atoms with Crippen LogP contribution in [0.3, 0.4) is 0 Å². The quantitative estimate of drug-likeness (QED) is 0.155. The first-order chi connectivity index (χ1) is 18.9. The molecule has 39 heavy (non-hydrogen) atoms. The van der Waals surface area contributed by atoms with Gasteiger partial charge in [-0.05, 0) is 57.2 Å². The molecule has 1 aromatic heterocycles. The normalized spacial score (nSPS) is 11.1. The molecule has 0 aliphatic heterocycles. The zero-order valence-corrected chi connectivity index (χ0v) is 23.3. The van der Waals surface area contributed by atoms with Gasteiger partial charge in [0.15, 0.2) is 11.0 Å². The molecular formula is C29H32N6O3S. The molecule has 2 N–H and O–H groups in total. The fraction of sp³-hybridized carbons (Fsp3) is 0.241. The number of aromatic nitrogens is 3. The Morgan fingerprint density at radius 2 is 1.79 bits per heavy atom.